The first-order chi connectivity index (χ1) is 37.7. The highest BCUT2D eigenvalue weighted by Crippen LogP contribution is 2.39. The van der Waals surface area contributed by atoms with E-state index in [-0.39, 0.29) is 105 Å². The zero-order valence-corrected chi connectivity index (χ0v) is 47.2. The Balaban J connectivity index is 0.774. The van der Waals surface area contributed by atoms with Crippen molar-refractivity contribution in [1.82, 2.24) is 39.6 Å². The maximum absolute atomic E-state index is 14.5. The predicted octanol–water partition coefficient (Wildman–Crippen LogP) is 10.1. The summed E-state index contributed by atoms with van der Waals surface area (Å²) in [6, 6.07) is 15.2. The van der Waals surface area contributed by atoms with Gasteiger partial charge < -0.3 is 20.0 Å². The van der Waals surface area contributed by atoms with Gasteiger partial charge in [-0.2, -0.15) is 26.3 Å². The number of amides is 4. The van der Waals surface area contributed by atoms with Gasteiger partial charge in [0.1, 0.15) is 11.6 Å². The van der Waals surface area contributed by atoms with Gasteiger partial charge in [0.05, 0.1) is 44.3 Å². The van der Waals surface area contributed by atoms with Gasteiger partial charge in [-0.1, -0.05) is 70.7 Å². The summed E-state index contributed by atoms with van der Waals surface area (Å²) >= 11 is 25.2. The molecule has 4 aliphatic heterocycles. The van der Waals surface area contributed by atoms with Crippen LogP contribution in [0.25, 0.3) is 0 Å². The van der Waals surface area contributed by atoms with Gasteiger partial charge in [-0.15, -0.1) is 0 Å². The number of nitrogens with one attached hydrogen (secondary N) is 1. The lowest BCUT2D eigenvalue weighted by Crippen LogP contribution is -2.48. The molecule has 8 rings (SSSR count). The summed E-state index contributed by atoms with van der Waals surface area (Å²) in [6.45, 7) is 3.74. The van der Waals surface area contributed by atoms with Gasteiger partial charge in [-0.05, 0) is 104 Å². The fraction of sp³-hybridized carbons (Fsp3) is 0.500. The van der Waals surface area contributed by atoms with Crippen LogP contribution in [0.3, 0.4) is 0 Å². The van der Waals surface area contributed by atoms with Gasteiger partial charge in [0.2, 0.25) is 23.6 Å². The number of alkyl halides is 6. The van der Waals surface area contributed by atoms with Crippen LogP contribution in [-0.4, -0.2) is 169 Å². The first-order valence-electron chi connectivity index (χ1n) is 26.3. The SMILES string of the molecule is CN(C(=O)CCC(=O)NC1CCN(CC(=O)N2C[C@H](c3ccc(Cl)c(Cl)c3)[C@H](N(C)Cc3ccc(C(F)(F)F)c(F)c3)C2)C1)C1CCN(CC(=O)N2C[C@H](c3ccc(Cl)c(Cl)c3)[C@H](N(C)Cc3ccc(C(F)(F)F)c(F)c3)C2)CC1. The number of carbonyl (C=O) groups is 4. The van der Waals surface area contributed by atoms with Gasteiger partial charge in [-0.3, -0.25) is 38.8 Å². The minimum Gasteiger partial charge on any atom is -0.352 e. The van der Waals surface area contributed by atoms with E-state index in [9.17, 15) is 54.3 Å². The second-order valence-electron chi connectivity index (χ2n) is 21.5. The summed E-state index contributed by atoms with van der Waals surface area (Å²) in [4.78, 5) is 67.3. The Morgan fingerprint density at radius 3 is 1.45 bits per heavy atom. The molecular weight excluding hydrogens is 1140 g/mol. The van der Waals surface area contributed by atoms with Crippen LogP contribution in [-0.2, 0) is 44.6 Å². The zero-order chi connectivity index (χ0) is 58.0. The van der Waals surface area contributed by atoms with E-state index in [1.165, 1.54) is 12.1 Å². The minimum atomic E-state index is -4.83. The largest absolute Gasteiger partial charge is 0.419 e. The lowest BCUT2D eigenvalue weighted by atomic mass is 9.93. The number of hydrogen-bond donors (Lipinski definition) is 1. The van der Waals surface area contributed by atoms with E-state index in [1.807, 2.05) is 31.7 Å². The number of likely N-dealkylation sites (N-methyl/N-ethyl adjacent to an activating group) is 2. The molecule has 4 amide bonds. The van der Waals surface area contributed by atoms with Crippen LogP contribution in [0.2, 0.25) is 20.1 Å². The van der Waals surface area contributed by atoms with Crippen molar-refractivity contribution in [3.05, 3.63) is 138 Å². The summed E-state index contributed by atoms with van der Waals surface area (Å²) in [5.74, 6) is -3.96. The first-order valence-corrected chi connectivity index (χ1v) is 27.8. The van der Waals surface area contributed by atoms with Crippen LogP contribution in [0.15, 0.2) is 72.8 Å². The molecule has 4 aliphatic rings. The summed E-state index contributed by atoms with van der Waals surface area (Å²) in [7, 11) is 5.27. The van der Waals surface area contributed by atoms with Crippen molar-refractivity contribution >= 4 is 70.0 Å². The second kappa shape index (κ2) is 25.8. The van der Waals surface area contributed by atoms with E-state index in [0.29, 0.717) is 96.3 Å². The highest BCUT2D eigenvalue weighted by Gasteiger charge is 2.42. The number of benzene rings is 4. The topological polar surface area (TPSA) is 103 Å². The summed E-state index contributed by atoms with van der Waals surface area (Å²) < 4.78 is 109. The number of nitrogens with zero attached hydrogens (tertiary/aromatic N) is 7. The van der Waals surface area contributed by atoms with Crippen LogP contribution in [0, 0.1) is 11.6 Å². The molecule has 4 fully saturated rings. The van der Waals surface area contributed by atoms with E-state index in [1.54, 1.807) is 60.1 Å². The van der Waals surface area contributed by atoms with Crippen molar-refractivity contribution in [3.8, 4) is 0 Å². The number of piperidine rings is 1. The Morgan fingerprint density at radius 1 is 0.562 bits per heavy atom. The predicted molar refractivity (Wildman–Crippen MR) is 289 cm³/mol. The van der Waals surface area contributed by atoms with Crippen molar-refractivity contribution in [2.45, 2.75) is 93.5 Å². The Kier molecular flexibility index (Phi) is 19.7. The molecule has 0 saturated carbocycles. The molecule has 12 nitrogen and oxygen atoms in total. The third-order valence-corrected chi connectivity index (χ3v) is 17.6. The fourth-order valence-corrected chi connectivity index (χ4v) is 12.3. The van der Waals surface area contributed by atoms with Gasteiger partial charge in [0, 0.05) is 121 Å². The highest BCUT2D eigenvalue weighted by molar-refractivity contribution is 6.42. The maximum atomic E-state index is 14.5. The van der Waals surface area contributed by atoms with Crippen LogP contribution in [0.5, 0.6) is 0 Å². The quantitative estimate of drug-likeness (QED) is 0.104. The molecule has 0 aromatic heterocycles. The fourth-order valence-electron chi connectivity index (χ4n) is 11.6. The summed E-state index contributed by atoms with van der Waals surface area (Å²) in [5.41, 5.74) is -0.369. The first kappa shape index (κ1) is 61.3. The van der Waals surface area contributed by atoms with Crippen LogP contribution < -0.4 is 5.32 Å². The minimum absolute atomic E-state index is 0.00723. The van der Waals surface area contributed by atoms with Gasteiger partial charge >= 0.3 is 12.4 Å². The Bertz CT molecular complexity index is 2910. The molecule has 434 valence electrons. The summed E-state index contributed by atoms with van der Waals surface area (Å²) in [5, 5.41) is 4.39. The Morgan fingerprint density at radius 2 is 1.01 bits per heavy atom. The smallest absolute Gasteiger partial charge is 0.352 e. The van der Waals surface area contributed by atoms with E-state index >= 15 is 0 Å². The van der Waals surface area contributed by atoms with Crippen LogP contribution in [0.1, 0.15) is 77.3 Å². The molecule has 4 aromatic rings. The molecule has 5 atom stereocenters. The van der Waals surface area contributed by atoms with Crippen molar-refractivity contribution < 1.29 is 54.3 Å². The molecule has 4 saturated heterocycles. The van der Waals surface area contributed by atoms with E-state index in [2.05, 4.69) is 5.32 Å². The maximum Gasteiger partial charge on any atom is 0.419 e. The average Bonchev–Trinajstić information content (AvgIpc) is 4.18. The Labute approximate surface area is 479 Å². The lowest BCUT2D eigenvalue weighted by Gasteiger charge is -2.37. The van der Waals surface area contributed by atoms with Crippen molar-refractivity contribution in [2.75, 3.05) is 86.6 Å². The van der Waals surface area contributed by atoms with Crippen LogP contribution in [0.4, 0.5) is 35.1 Å². The average molecular weight is 1200 g/mol. The lowest BCUT2D eigenvalue weighted by molar-refractivity contribution is -0.140. The summed E-state index contributed by atoms with van der Waals surface area (Å²) in [6.07, 6.45) is -7.88. The van der Waals surface area contributed by atoms with Gasteiger partial charge in [0.25, 0.3) is 0 Å². The normalized spacial score (nSPS) is 21.5. The van der Waals surface area contributed by atoms with Gasteiger partial charge in [0.15, 0.2) is 0 Å². The number of carbonyl (C=O) groups excluding carboxylic acids is 4. The van der Waals surface area contributed by atoms with E-state index in [0.717, 1.165) is 35.4 Å². The van der Waals surface area contributed by atoms with Gasteiger partial charge in [-0.25, -0.2) is 8.78 Å². The molecule has 1 N–H and O–H groups in total. The van der Waals surface area contributed by atoms with E-state index in [4.69, 9.17) is 46.4 Å². The monoisotopic (exact) mass is 1200 g/mol. The molecule has 0 radical (unpaired) electrons. The van der Waals surface area contributed by atoms with Crippen molar-refractivity contribution in [3.63, 3.8) is 0 Å². The third kappa shape index (κ3) is 15.1. The second-order valence-corrected chi connectivity index (χ2v) is 23.2. The molecule has 80 heavy (non-hydrogen) atoms. The van der Waals surface area contributed by atoms with Crippen LogP contribution >= 0.6 is 46.4 Å². The number of halogens is 12. The van der Waals surface area contributed by atoms with Crippen molar-refractivity contribution in [1.29, 1.82) is 0 Å². The molecule has 0 bridgehead atoms. The number of hydrogen-bond acceptors (Lipinski definition) is 8. The molecule has 4 heterocycles. The highest BCUT2D eigenvalue weighted by atomic mass is 35.5. The standard InChI is InChI=1S/C56H62Cl4F8N8O4/c1-70(24-33-4-8-41(47(61)20-33)55(63,64)65)49-29-75(27-39(49)35-6-10-43(57)45(59)22-35)53(79)31-73-18-15-38(16-19-73)72(3)52(78)13-12-51(77)69-37-14-17-74(26-37)32-54(80)76-28-40(36-7-11-44(58)46(60)23-36)50(30-76)71(2)25-34-5-9-42(48(62)21-34)56(66,67)68/h4-11,20-23,37-40,49-50H,12-19,24-32H2,1-3H3,(H,69,77)/t37?,39-,40-,49-,50-/m1/s1. The zero-order valence-electron chi connectivity index (χ0n) is 44.2. The van der Waals surface area contributed by atoms with Crippen molar-refractivity contribution in [2.24, 2.45) is 0 Å². The molecule has 0 spiro atoms. The molecule has 0 aliphatic carbocycles. The molecule has 1 unspecified atom stereocenters. The number of likely N-dealkylation sites (tertiary alicyclic amines) is 4. The van der Waals surface area contributed by atoms with E-state index < -0.39 is 35.1 Å². The molecule has 24 heteroatoms. The molecular formula is C56H62Cl4F8N8O4. The molecule has 4 aromatic carbocycles. The Hall–Kier alpha value is -4.80. The third-order valence-electron chi connectivity index (χ3n) is 16.1. The number of rotatable bonds is 17.